The number of ether oxygens (including phenoxy) is 4. The van der Waals surface area contributed by atoms with E-state index in [1.54, 1.807) is 42.9 Å². The molecule has 91 heavy (non-hydrogen) atoms. The van der Waals surface area contributed by atoms with Crippen molar-refractivity contribution in [1.82, 2.24) is 49.3 Å². The van der Waals surface area contributed by atoms with Crippen LogP contribution >= 0.6 is 0 Å². The minimum Gasteiger partial charge on any atom is -0.496 e. The zero-order valence-corrected chi connectivity index (χ0v) is 57.5. The van der Waals surface area contributed by atoms with Gasteiger partial charge in [-0.3, -0.25) is 28.5 Å². The molecule has 21 heteroatoms. The number of carboxylic acid groups (broad SMARTS) is 2. The van der Waals surface area contributed by atoms with Crippen LogP contribution < -0.4 is 9.47 Å². The number of hydrogen-bond donors (Lipinski definition) is 2. The number of aryl methyl sites for hydroxylation is 2. The number of likely N-dealkylation sites (tertiary alicyclic amines) is 2. The Morgan fingerprint density at radius 1 is 0.516 bits per heavy atom. The van der Waals surface area contributed by atoms with E-state index in [9.17, 15) is 24.0 Å². The maximum absolute atomic E-state index is 13.0. The lowest BCUT2D eigenvalue weighted by atomic mass is 9.78. The molecule has 2 N–H and O–H groups in total. The third kappa shape index (κ3) is 19.6. The molecule has 21 nitrogen and oxygen atoms in total. The Morgan fingerprint density at radius 2 is 0.890 bits per heavy atom. The van der Waals surface area contributed by atoms with Crippen molar-refractivity contribution in [3.8, 4) is 34.3 Å². The predicted octanol–water partition coefficient (Wildman–Crippen LogP) is 12.1. The molecule has 6 aromatic rings. The van der Waals surface area contributed by atoms with Crippen LogP contribution in [0.4, 0.5) is 4.79 Å². The molecule has 0 radical (unpaired) electrons. The van der Waals surface area contributed by atoms with Crippen molar-refractivity contribution in [3.05, 3.63) is 117 Å². The maximum atomic E-state index is 13.0. The van der Waals surface area contributed by atoms with Gasteiger partial charge in [-0.25, -0.2) is 24.7 Å². The van der Waals surface area contributed by atoms with Crippen molar-refractivity contribution < 1.29 is 53.1 Å². The smallest absolute Gasteiger partial charge is 0.410 e. The van der Waals surface area contributed by atoms with Gasteiger partial charge in [0.15, 0.2) is 11.6 Å². The van der Waals surface area contributed by atoms with Crippen LogP contribution in [0.25, 0.3) is 22.8 Å². The van der Waals surface area contributed by atoms with Gasteiger partial charge in [-0.1, -0.05) is 83.1 Å². The zero-order valence-electron chi connectivity index (χ0n) is 57.5. The quantitative estimate of drug-likeness (QED) is 0.0961. The van der Waals surface area contributed by atoms with Gasteiger partial charge in [0, 0.05) is 107 Å². The number of hydrogen-bond acceptors (Lipinski definition) is 15. The molecule has 2 aromatic carbocycles. The van der Waals surface area contributed by atoms with E-state index < -0.39 is 23.5 Å². The second kappa shape index (κ2) is 29.4. The summed E-state index contributed by atoms with van der Waals surface area (Å²) in [5.41, 5.74) is 10.1. The second-order valence-corrected chi connectivity index (χ2v) is 28.8. The Kier molecular flexibility index (Phi) is 23.2. The SMILES string of the molecule is COC(=O)Cc1cc(C)n(CC(=O)O)n1.COc1c(C(C)(C)C)cc(-c2nccc(C3CCN(C(=O)Cn4nc(CC(=O)O)cc4C)CC3)n2)cc1C(C)(C)C.COc1c(C(C)(C)C)cc(-c2nccc(C3CCN(C(=O)OC(C)(C)C)CC3)n2)cc1C(C)(C)C. The van der Waals surface area contributed by atoms with E-state index in [-0.39, 0.29) is 71.4 Å². The number of carbonyl (C=O) groups is 5. The lowest BCUT2D eigenvalue weighted by molar-refractivity contribution is -0.140. The molecular formula is C70H98N10O11. The largest absolute Gasteiger partial charge is 0.496 e. The van der Waals surface area contributed by atoms with Crippen molar-refractivity contribution in [2.45, 2.75) is 208 Å². The molecule has 494 valence electrons. The number of amides is 2. The number of carboxylic acids is 2. The number of nitrogens with zero attached hydrogens (tertiary/aromatic N) is 10. The second-order valence-electron chi connectivity index (χ2n) is 28.8. The Morgan fingerprint density at radius 3 is 1.23 bits per heavy atom. The first-order chi connectivity index (χ1) is 42.3. The molecule has 2 saturated heterocycles. The third-order valence-electron chi connectivity index (χ3n) is 16.0. The van der Waals surface area contributed by atoms with Gasteiger partial charge in [0.25, 0.3) is 0 Å². The topological polar surface area (TPSA) is 256 Å². The molecule has 4 aromatic heterocycles. The summed E-state index contributed by atoms with van der Waals surface area (Å²) in [5.74, 6) is 1.51. The highest BCUT2D eigenvalue weighted by molar-refractivity contribution is 5.76. The lowest BCUT2D eigenvalue weighted by Gasteiger charge is -2.33. The predicted molar refractivity (Wildman–Crippen MR) is 350 cm³/mol. The number of aliphatic carboxylic acids is 2. The number of methoxy groups -OCH3 is 3. The Bertz CT molecular complexity index is 3470. The monoisotopic (exact) mass is 1250 g/mol. The normalized spacial score (nSPS) is 14.4. The summed E-state index contributed by atoms with van der Waals surface area (Å²) in [6.07, 6.45) is 6.71. The van der Waals surface area contributed by atoms with E-state index in [2.05, 4.69) is 132 Å². The molecule has 0 spiro atoms. The Labute approximate surface area is 537 Å². The van der Waals surface area contributed by atoms with Crippen molar-refractivity contribution in [3.63, 3.8) is 0 Å². The van der Waals surface area contributed by atoms with Crippen molar-refractivity contribution >= 4 is 29.9 Å². The first kappa shape index (κ1) is 71.8. The fourth-order valence-corrected chi connectivity index (χ4v) is 11.2. The Hall–Kier alpha value is -8.23. The summed E-state index contributed by atoms with van der Waals surface area (Å²) in [7, 11) is 4.78. The molecule has 0 unspecified atom stereocenters. The molecule has 0 aliphatic carbocycles. The van der Waals surface area contributed by atoms with Crippen LogP contribution in [-0.4, -0.2) is 143 Å². The first-order valence-electron chi connectivity index (χ1n) is 31.3. The van der Waals surface area contributed by atoms with Crippen molar-refractivity contribution in [2.75, 3.05) is 47.5 Å². The summed E-state index contributed by atoms with van der Waals surface area (Å²) >= 11 is 0. The van der Waals surface area contributed by atoms with E-state index in [4.69, 9.17) is 34.4 Å². The fraction of sp³-hybridized carbons (Fsp3) is 0.557. The van der Waals surface area contributed by atoms with Crippen molar-refractivity contribution in [1.29, 1.82) is 0 Å². The summed E-state index contributed by atoms with van der Waals surface area (Å²) < 4.78 is 24.8. The minimum absolute atomic E-state index is 0.0115. The molecule has 2 fully saturated rings. The van der Waals surface area contributed by atoms with Gasteiger partial charge in [0.05, 0.1) is 45.6 Å². The molecular weight excluding hydrogens is 1160 g/mol. The van der Waals surface area contributed by atoms with Gasteiger partial charge >= 0.3 is 24.0 Å². The van der Waals surface area contributed by atoms with Crippen LogP contribution in [0.1, 0.15) is 198 Å². The van der Waals surface area contributed by atoms with Crippen LogP contribution in [0.3, 0.4) is 0 Å². The number of aromatic nitrogens is 8. The Balaban J connectivity index is 0.000000238. The average Bonchev–Trinajstić information content (AvgIpc) is 1.53. The van der Waals surface area contributed by atoms with Gasteiger partial charge in [-0.05, 0) is 130 Å². The van der Waals surface area contributed by atoms with Gasteiger partial charge in [-0.2, -0.15) is 10.2 Å². The van der Waals surface area contributed by atoms with Gasteiger partial charge < -0.3 is 39.0 Å². The molecule has 8 rings (SSSR count). The highest BCUT2D eigenvalue weighted by Crippen LogP contribution is 2.44. The van der Waals surface area contributed by atoms with Crippen molar-refractivity contribution in [2.24, 2.45) is 0 Å². The van der Waals surface area contributed by atoms with Gasteiger partial charge in [0.2, 0.25) is 5.91 Å². The number of esters is 1. The van der Waals surface area contributed by atoms with E-state index in [1.807, 2.05) is 57.1 Å². The molecule has 0 atom stereocenters. The van der Waals surface area contributed by atoms with E-state index in [0.717, 1.165) is 93.5 Å². The number of rotatable bonds is 14. The molecule has 2 aliphatic rings. The third-order valence-corrected chi connectivity index (χ3v) is 16.0. The number of benzene rings is 2. The zero-order chi connectivity index (χ0) is 67.7. The van der Waals surface area contributed by atoms with E-state index in [1.165, 1.54) is 11.8 Å². The van der Waals surface area contributed by atoms with Crippen LogP contribution in [0, 0.1) is 13.8 Å². The number of piperidine rings is 2. The fourth-order valence-electron chi connectivity index (χ4n) is 11.2. The first-order valence-corrected chi connectivity index (χ1v) is 31.3. The summed E-state index contributed by atoms with van der Waals surface area (Å²) in [6.45, 7) is 38.2. The highest BCUT2D eigenvalue weighted by atomic mass is 16.6. The molecule has 0 saturated carbocycles. The minimum atomic E-state index is -0.967. The van der Waals surface area contributed by atoms with Crippen LogP contribution in [-0.2, 0) is 76.2 Å². The standard InChI is InChI=1S/C32H43N5O4.C29H43N3O3.C9H12N2O4/c1-20-15-23(18-28(39)40)35-37(20)19-27(38)36-13-10-21(11-14-36)26-9-12-33-30(34-26)22-16-24(31(2,3)4)29(41-8)25(17-22)32(5,6)7;1-27(2,3)21-17-20(18-22(24(21)34-10)28(4,5)6)25-30-14-11-23(31-25)19-12-15-32(16-13-19)26(33)35-29(7,8)9;1-6-3-7(4-9(14)15-2)10-11(6)5-8(12)13/h9,12,15-17,21H,10-11,13-14,18-19H2,1-8H3,(H,39,40);11,14,17-19H,12-13,15-16H2,1-10H3;3H,4-5H2,1-2H3,(H,12,13). The van der Waals surface area contributed by atoms with Gasteiger partial charge in [0.1, 0.15) is 30.2 Å². The highest BCUT2D eigenvalue weighted by Gasteiger charge is 2.33. The van der Waals surface area contributed by atoms with Gasteiger partial charge in [-0.15, -0.1) is 0 Å². The average molecular weight is 1260 g/mol. The molecule has 2 amide bonds. The lowest BCUT2D eigenvalue weighted by Crippen LogP contribution is -2.41. The van der Waals surface area contributed by atoms with E-state index >= 15 is 0 Å². The summed E-state index contributed by atoms with van der Waals surface area (Å²) in [6, 6.07) is 16.1. The molecule has 2 aliphatic heterocycles. The van der Waals surface area contributed by atoms with Crippen LogP contribution in [0.15, 0.2) is 60.9 Å². The van der Waals surface area contributed by atoms with E-state index in [0.29, 0.717) is 49.1 Å². The van der Waals surface area contributed by atoms with Crippen LogP contribution in [0.5, 0.6) is 11.5 Å². The summed E-state index contributed by atoms with van der Waals surface area (Å²) in [4.78, 5) is 80.9. The number of carbonyl (C=O) groups excluding carboxylic acids is 3. The van der Waals surface area contributed by atoms with Crippen LogP contribution in [0.2, 0.25) is 0 Å². The summed E-state index contributed by atoms with van der Waals surface area (Å²) in [5, 5.41) is 25.9. The maximum Gasteiger partial charge on any atom is 0.410 e. The molecule has 6 heterocycles. The molecule has 0 bridgehead atoms.